The van der Waals surface area contributed by atoms with E-state index in [4.69, 9.17) is 21.4 Å². The van der Waals surface area contributed by atoms with Crippen LogP contribution in [-0.2, 0) is 4.79 Å². The third-order valence-electron chi connectivity index (χ3n) is 3.56. The highest BCUT2D eigenvalue weighted by atomic mass is 35.5. The number of ether oxygens (including phenoxy) is 1. The van der Waals surface area contributed by atoms with Crippen molar-refractivity contribution in [1.29, 1.82) is 0 Å². The Morgan fingerprint density at radius 3 is 2.65 bits per heavy atom. The van der Waals surface area contributed by atoms with Crippen LogP contribution in [0.3, 0.4) is 0 Å². The highest BCUT2D eigenvalue weighted by molar-refractivity contribution is 6.32. The lowest BCUT2D eigenvalue weighted by Gasteiger charge is -2.14. The molecule has 1 aromatic rings. The van der Waals surface area contributed by atoms with Crippen LogP contribution in [0.1, 0.15) is 37.0 Å². The number of aliphatic carboxylic acids is 1. The Hall–Kier alpha value is -1.55. The van der Waals surface area contributed by atoms with Crippen LogP contribution in [0.4, 0.5) is 0 Å². The lowest BCUT2D eigenvalue weighted by molar-refractivity contribution is -0.138. The van der Waals surface area contributed by atoms with Gasteiger partial charge in [-0.1, -0.05) is 18.5 Å². The average Bonchev–Trinajstić information content (AvgIpc) is 3.20. The predicted octanol–water partition coefficient (Wildman–Crippen LogP) is 3.42. The molecule has 0 aromatic heterocycles. The normalized spacial score (nSPS) is 22.1. The number of benzene rings is 1. The molecule has 2 rings (SSSR count). The molecule has 3 atom stereocenters. The molecule has 0 saturated heterocycles. The fourth-order valence-corrected chi connectivity index (χ4v) is 2.25. The number of hydrogen-bond donors (Lipinski definition) is 1. The van der Waals surface area contributed by atoms with E-state index in [2.05, 4.69) is 0 Å². The Balaban J connectivity index is 2.09. The van der Waals surface area contributed by atoms with Gasteiger partial charge >= 0.3 is 5.97 Å². The summed E-state index contributed by atoms with van der Waals surface area (Å²) in [5.74, 6) is -1.48. The van der Waals surface area contributed by atoms with Crippen LogP contribution >= 0.6 is 11.6 Å². The summed E-state index contributed by atoms with van der Waals surface area (Å²) in [5.41, 5.74) is 0.445. The van der Waals surface area contributed by atoms with Crippen molar-refractivity contribution in [3.8, 4) is 5.75 Å². The van der Waals surface area contributed by atoms with E-state index < -0.39 is 17.8 Å². The first-order valence-corrected chi connectivity index (χ1v) is 7.05. The third-order valence-corrected chi connectivity index (χ3v) is 3.86. The second kappa shape index (κ2) is 5.83. The van der Waals surface area contributed by atoms with Crippen molar-refractivity contribution in [3.05, 3.63) is 28.8 Å². The maximum atomic E-state index is 12.1. The van der Waals surface area contributed by atoms with E-state index >= 15 is 0 Å². The third kappa shape index (κ3) is 3.12. The van der Waals surface area contributed by atoms with Crippen LogP contribution < -0.4 is 4.74 Å². The Kier molecular flexibility index (Phi) is 4.33. The molecule has 20 heavy (non-hydrogen) atoms. The largest absolute Gasteiger partial charge is 0.489 e. The fraction of sp³-hybridized carbons (Fsp3) is 0.467. The van der Waals surface area contributed by atoms with Crippen molar-refractivity contribution in [2.75, 3.05) is 0 Å². The fourth-order valence-electron chi connectivity index (χ4n) is 2.02. The number of carboxylic acid groups (broad SMARTS) is 1. The van der Waals surface area contributed by atoms with Crippen LogP contribution in [0.5, 0.6) is 5.75 Å². The molecule has 108 valence electrons. The summed E-state index contributed by atoms with van der Waals surface area (Å²) in [6.45, 7) is 3.95. The maximum absolute atomic E-state index is 12.1. The highest BCUT2D eigenvalue weighted by Gasteiger charge is 2.48. The van der Waals surface area contributed by atoms with E-state index in [9.17, 15) is 9.59 Å². The summed E-state index contributed by atoms with van der Waals surface area (Å²) < 4.78 is 5.63. The second-order valence-electron chi connectivity index (χ2n) is 5.13. The lowest BCUT2D eigenvalue weighted by Crippen LogP contribution is -2.11. The van der Waals surface area contributed by atoms with E-state index in [0.717, 1.165) is 6.42 Å². The molecular weight excluding hydrogens is 280 g/mol. The quantitative estimate of drug-likeness (QED) is 0.817. The van der Waals surface area contributed by atoms with Crippen molar-refractivity contribution in [2.24, 2.45) is 11.8 Å². The SMILES string of the molecule is CC[C@H](C)Oc1ccc(C(=O)[C@H]2C[C@@H]2C(=O)O)cc1Cl. The standard InChI is InChI=1S/C15H17ClO4/c1-3-8(2)20-13-5-4-9(6-12(13)16)14(17)10-7-11(10)15(18)19/h4-6,8,10-11H,3,7H2,1-2H3,(H,18,19)/t8-,10-,11-/m0/s1. The summed E-state index contributed by atoms with van der Waals surface area (Å²) in [6, 6.07) is 4.86. The Labute approximate surface area is 122 Å². The Morgan fingerprint density at radius 2 is 2.15 bits per heavy atom. The minimum atomic E-state index is -0.911. The molecule has 0 aliphatic heterocycles. The van der Waals surface area contributed by atoms with Crippen molar-refractivity contribution in [3.63, 3.8) is 0 Å². The number of rotatable bonds is 6. The van der Waals surface area contributed by atoms with E-state index in [0.29, 0.717) is 22.8 Å². The van der Waals surface area contributed by atoms with Gasteiger partial charge < -0.3 is 9.84 Å². The van der Waals surface area contributed by atoms with Crippen molar-refractivity contribution >= 4 is 23.4 Å². The van der Waals surface area contributed by atoms with Gasteiger partial charge in [0.1, 0.15) is 5.75 Å². The van der Waals surface area contributed by atoms with E-state index in [1.54, 1.807) is 18.2 Å². The number of hydrogen-bond acceptors (Lipinski definition) is 3. The minimum absolute atomic E-state index is 0.0499. The summed E-state index contributed by atoms with van der Waals surface area (Å²) in [6.07, 6.45) is 1.32. The molecule has 1 N–H and O–H groups in total. The van der Waals surface area contributed by atoms with Gasteiger partial charge in [0.15, 0.2) is 5.78 Å². The number of carbonyl (C=O) groups is 2. The molecule has 0 spiro atoms. The van der Waals surface area contributed by atoms with Crippen LogP contribution in [0.25, 0.3) is 0 Å². The van der Waals surface area contributed by atoms with E-state index in [1.807, 2.05) is 13.8 Å². The number of carboxylic acids is 1. The molecular formula is C15H17ClO4. The zero-order valence-electron chi connectivity index (χ0n) is 11.4. The summed E-state index contributed by atoms with van der Waals surface area (Å²) >= 11 is 6.11. The van der Waals surface area contributed by atoms with Gasteiger partial charge in [-0.25, -0.2) is 0 Å². The van der Waals surface area contributed by atoms with E-state index in [1.165, 1.54) is 0 Å². The number of ketones is 1. The minimum Gasteiger partial charge on any atom is -0.489 e. The molecule has 1 saturated carbocycles. The summed E-state index contributed by atoms with van der Waals surface area (Å²) in [7, 11) is 0. The van der Waals surface area contributed by atoms with Crippen LogP contribution in [-0.4, -0.2) is 23.0 Å². The van der Waals surface area contributed by atoms with Gasteiger partial charge in [-0.05, 0) is 38.0 Å². The van der Waals surface area contributed by atoms with Gasteiger partial charge in [0.25, 0.3) is 0 Å². The molecule has 1 aromatic carbocycles. The summed E-state index contributed by atoms with van der Waals surface area (Å²) in [4.78, 5) is 22.9. The average molecular weight is 297 g/mol. The van der Waals surface area contributed by atoms with Crippen LogP contribution in [0.15, 0.2) is 18.2 Å². The number of Topliss-reactive ketones (excluding diaryl/α,β-unsaturated/α-hetero) is 1. The molecule has 4 nitrogen and oxygen atoms in total. The van der Waals surface area contributed by atoms with Gasteiger partial charge in [0.05, 0.1) is 17.0 Å². The van der Waals surface area contributed by atoms with Gasteiger partial charge in [-0.2, -0.15) is 0 Å². The molecule has 0 heterocycles. The monoisotopic (exact) mass is 296 g/mol. The first kappa shape index (κ1) is 14.9. The Morgan fingerprint density at radius 1 is 1.45 bits per heavy atom. The number of halogens is 1. The Bertz CT molecular complexity index is 541. The van der Waals surface area contributed by atoms with Gasteiger partial charge in [0.2, 0.25) is 0 Å². The van der Waals surface area contributed by atoms with Gasteiger partial charge in [-0.15, -0.1) is 0 Å². The van der Waals surface area contributed by atoms with Crippen molar-refractivity contribution in [1.82, 2.24) is 0 Å². The van der Waals surface area contributed by atoms with Gasteiger partial charge in [0, 0.05) is 11.5 Å². The second-order valence-corrected chi connectivity index (χ2v) is 5.54. The molecule has 5 heteroatoms. The molecule has 1 aliphatic carbocycles. The van der Waals surface area contributed by atoms with Crippen LogP contribution in [0, 0.1) is 11.8 Å². The molecule has 0 amide bonds. The first-order valence-electron chi connectivity index (χ1n) is 6.67. The van der Waals surface area contributed by atoms with Crippen molar-refractivity contribution < 1.29 is 19.4 Å². The molecule has 0 unspecified atom stereocenters. The highest BCUT2D eigenvalue weighted by Crippen LogP contribution is 2.41. The van der Waals surface area contributed by atoms with Crippen LogP contribution in [0.2, 0.25) is 5.02 Å². The van der Waals surface area contributed by atoms with Crippen molar-refractivity contribution in [2.45, 2.75) is 32.8 Å². The smallest absolute Gasteiger partial charge is 0.307 e. The molecule has 1 fully saturated rings. The molecule has 1 aliphatic rings. The lowest BCUT2D eigenvalue weighted by atomic mass is 10.1. The zero-order chi connectivity index (χ0) is 14.9. The van der Waals surface area contributed by atoms with Gasteiger partial charge in [-0.3, -0.25) is 9.59 Å². The first-order chi connectivity index (χ1) is 9.43. The maximum Gasteiger partial charge on any atom is 0.307 e. The predicted molar refractivity (Wildman–Crippen MR) is 75.4 cm³/mol. The summed E-state index contributed by atoms with van der Waals surface area (Å²) in [5, 5.41) is 9.22. The number of carbonyl (C=O) groups excluding carboxylic acids is 1. The van der Waals surface area contributed by atoms with E-state index in [-0.39, 0.29) is 11.9 Å². The molecule has 0 radical (unpaired) electrons. The topological polar surface area (TPSA) is 63.6 Å². The zero-order valence-corrected chi connectivity index (χ0v) is 12.2. The molecule has 0 bridgehead atoms.